The van der Waals surface area contributed by atoms with Crippen LogP contribution in [0.1, 0.15) is 11.1 Å². The van der Waals surface area contributed by atoms with Crippen LogP contribution in [0.3, 0.4) is 0 Å². The number of ether oxygens (including phenoxy) is 1. The van der Waals surface area contributed by atoms with E-state index in [1.54, 1.807) is 24.3 Å². The Morgan fingerprint density at radius 3 is 2.41 bits per heavy atom. The Morgan fingerprint density at radius 2 is 1.82 bits per heavy atom. The topological polar surface area (TPSA) is 76.7 Å². The average Bonchev–Trinajstić information content (AvgIpc) is 2.48. The molecule has 0 aliphatic rings. The van der Waals surface area contributed by atoms with E-state index in [0.717, 1.165) is 23.3 Å². The van der Waals surface area contributed by atoms with E-state index < -0.39 is 23.4 Å². The smallest absolute Gasteiger partial charge is 0.332 e. The van der Waals surface area contributed by atoms with Crippen LogP contribution in [-0.2, 0) is 6.61 Å². The normalized spacial score (nSPS) is 10.6. The van der Waals surface area contributed by atoms with Crippen molar-refractivity contribution in [3.8, 4) is 5.75 Å². The van der Waals surface area contributed by atoms with Crippen LogP contribution in [0.25, 0.3) is 0 Å². The van der Waals surface area contributed by atoms with Gasteiger partial charge in [0, 0.05) is 0 Å². The Hall–Kier alpha value is -2.96. The molecule has 0 aromatic heterocycles. The van der Waals surface area contributed by atoms with Crippen LogP contribution in [0.2, 0.25) is 0 Å². The number of hydrogen-bond acceptors (Lipinski definition) is 3. The summed E-state index contributed by atoms with van der Waals surface area (Å²) < 4.78 is 31.9. The summed E-state index contributed by atoms with van der Waals surface area (Å²) >= 11 is 0. The highest BCUT2D eigenvalue weighted by Gasteiger charge is 2.09. The lowest BCUT2D eigenvalue weighted by atomic mass is 10.1. The lowest BCUT2D eigenvalue weighted by Gasteiger charge is -2.08. The Kier molecular flexibility index (Phi) is 5.02. The monoisotopic (exact) mass is 305 g/mol. The quantitative estimate of drug-likeness (QED) is 0.658. The number of nitrogens with one attached hydrogen (secondary N) is 1. The number of nitrogens with two attached hydrogens (primary N) is 1. The highest BCUT2D eigenvalue weighted by molar-refractivity contribution is 5.81. The first-order valence-electron chi connectivity index (χ1n) is 6.30. The van der Waals surface area contributed by atoms with Crippen LogP contribution in [0.5, 0.6) is 5.75 Å². The summed E-state index contributed by atoms with van der Waals surface area (Å²) in [5, 5.41) is 3.61. The molecule has 0 aliphatic heterocycles. The SMILES string of the molecule is NC(=O)NN=Cc1ccc(COc2c(F)cccc2F)cc1. The number of nitrogens with zero attached hydrogens (tertiary/aromatic N) is 1. The minimum absolute atomic E-state index is 0.0226. The van der Waals surface area contributed by atoms with Crippen LogP contribution in [0.15, 0.2) is 47.6 Å². The van der Waals surface area contributed by atoms with E-state index in [2.05, 4.69) is 10.5 Å². The Labute approximate surface area is 125 Å². The zero-order valence-electron chi connectivity index (χ0n) is 11.4. The van der Waals surface area contributed by atoms with Gasteiger partial charge in [-0.1, -0.05) is 30.3 Å². The summed E-state index contributed by atoms with van der Waals surface area (Å²) in [5.41, 5.74) is 8.37. The maximum Gasteiger partial charge on any atom is 0.332 e. The predicted molar refractivity (Wildman–Crippen MR) is 77.4 cm³/mol. The van der Waals surface area contributed by atoms with Crippen molar-refractivity contribution < 1.29 is 18.3 Å². The van der Waals surface area contributed by atoms with Crippen molar-refractivity contribution in [2.24, 2.45) is 10.8 Å². The van der Waals surface area contributed by atoms with Crippen molar-refractivity contribution in [2.75, 3.05) is 0 Å². The number of rotatable bonds is 5. The molecule has 5 nitrogen and oxygen atoms in total. The molecule has 0 aliphatic carbocycles. The lowest BCUT2D eigenvalue weighted by Crippen LogP contribution is -2.24. The van der Waals surface area contributed by atoms with Gasteiger partial charge >= 0.3 is 6.03 Å². The minimum atomic E-state index is -0.756. The van der Waals surface area contributed by atoms with Crippen molar-refractivity contribution in [1.29, 1.82) is 0 Å². The maximum absolute atomic E-state index is 13.4. The predicted octanol–water partition coefficient (Wildman–Crippen LogP) is 2.55. The molecule has 0 bridgehead atoms. The first kappa shape index (κ1) is 15.4. The third-order valence-corrected chi connectivity index (χ3v) is 2.67. The molecule has 2 rings (SSSR count). The number of hydrogen-bond donors (Lipinski definition) is 2. The third kappa shape index (κ3) is 4.27. The zero-order valence-corrected chi connectivity index (χ0v) is 11.4. The molecule has 0 saturated heterocycles. The van der Waals surface area contributed by atoms with Crippen LogP contribution in [0.4, 0.5) is 13.6 Å². The molecule has 0 radical (unpaired) electrons. The Balaban J connectivity index is 1.97. The molecular formula is C15H13F2N3O2. The molecule has 0 heterocycles. The van der Waals surface area contributed by atoms with Crippen LogP contribution in [-0.4, -0.2) is 12.2 Å². The van der Waals surface area contributed by atoms with Gasteiger partial charge in [0.15, 0.2) is 17.4 Å². The van der Waals surface area contributed by atoms with Crippen molar-refractivity contribution >= 4 is 12.2 Å². The molecular weight excluding hydrogens is 292 g/mol. The van der Waals surface area contributed by atoms with E-state index in [-0.39, 0.29) is 6.61 Å². The van der Waals surface area contributed by atoms with Crippen molar-refractivity contribution in [1.82, 2.24) is 5.43 Å². The van der Waals surface area contributed by atoms with E-state index in [1.165, 1.54) is 12.3 Å². The van der Waals surface area contributed by atoms with E-state index in [9.17, 15) is 13.6 Å². The van der Waals surface area contributed by atoms with Gasteiger partial charge in [0.05, 0.1) is 6.21 Å². The van der Waals surface area contributed by atoms with Gasteiger partial charge in [-0.2, -0.15) is 5.10 Å². The second-order valence-electron chi connectivity index (χ2n) is 4.32. The highest BCUT2D eigenvalue weighted by atomic mass is 19.1. The first-order valence-corrected chi connectivity index (χ1v) is 6.30. The molecule has 2 aromatic rings. The van der Waals surface area contributed by atoms with Crippen molar-refractivity contribution in [3.05, 3.63) is 65.2 Å². The lowest BCUT2D eigenvalue weighted by molar-refractivity contribution is 0.249. The van der Waals surface area contributed by atoms with Gasteiger partial charge < -0.3 is 10.5 Å². The fourth-order valence-electron chi connectivity index (χ4n) is 1.65. The zero-order chi connectivity index (χ0) is 15.9. The van der Waals surface area contributed by atoms with Crippen LogP contribution >= 0.6 is 0 Å². The first-order chi connectivity index (χ1) is 10.6. The fourth-order valence-corrected chi connectivity index (χ4v) is 1.65. The summed E-state index contributed by atoms with van der Waals surface area (Å²) in [5.74, 6) is -1.90. The Morgan fingerprint density at radius 1 is 1.18 bits per heavy atom. The van der Waals surface area contributed by atoms with E-state index in [4.69, 9.17) is 10.5 Å². The summed E-state index contributed by atoms with van der Waals surface area (Å²) in [4.78, 5) is 10.4. The Bertz CT molecular complexity index is 667. The molecule has 114 valence electrons. The van der Waals surface area contributed by atoms with E-state index in [1.807, 2.05) is 0 Å². The maximum atomic E-state index is 13.4. The van der Waals surface area contributed by atoms with Crippen molar-refractivity contribution in [3.63, 3.8) is 0 Å². The molecule has 0 fully saturated rings. The molecule has 22 heavy (non-hydrogen) atoms. The summed E-state index contributed by atoms with van der Waals surface area (Å²) in [6.07, 6.45) is 1.41. The number of carbonyl (C=O) groups is 1. The minimum Gasteiger partial charge on any atom is -0.483 e. The molecule has 0 atom stereocenters. The number of primary amides is 1. The van der Waals surface area contributed by atoms with Crippen LogP contribution < -0.4 is 15.9 Å². The third-order valence-electron chi connectivity index (χ3n) is 2.67. The van der Waals surface area contributed by atoms with Gasteiger partial charge in [-0.25, -0.2) is 19.0 Å². The summed E-state index contributed by atoms with van der Waals surface area (Å²) in [6, 6.07) is 9.62. The molecule has 7 heteroatoms. The summed E-state index contributed by atoms with van der Waals surface area (Å²) in [7, 11) is 0. The van der Waals surface area contributed by atoms with Gasteiger partial charge in [0.2, 0.25) is 0 Å². The molecule has 0 unspecified atom stereocenters. The molecule has 0 saturated carbocycles. The van der Waals surface area contributed by atoms with E-state index >= 15 is 0 Å². The van der Waals surface area contributed by atoms with Gasteiger partial charge in [-0.3, -0.25) is 0 Å². The van der Waals surface area contributed by atoms with Crippen LogP contribution in [0, 0.1) is 11.6 Å². The highest BCUT2D eigenvalue weighted by Crippen LogP contribution is 2.22. The second kappa shape index (κ2) is 7.16. The average molecular weight is 305 g/mol. The largest absolute Gasteiger partial charge is 0.483 e. The number of para-hydroxylation sites is 1. The van der Waals surface area contributed by atoms with Crippen molar-refractivity contribution in [2.45, 2.75) is 6.61 Å². The standard InChI is InChI=1S/C15H13F2N3O2/c16-12-2-1-3-13(17)14(12)22-9-11-6-4-10(5-7-11)8-19-20-15(18)21/h1-8H,9H2,(H3,18,20,21). The molecule has 3 N–H and O–H groups in total. The second-order valence-corrected chi connectivity index (χ2v) is 4.32. The summed E-state index contributed by atoms with van der Waals surface area (Å²) in [6.45, 7) is 0.0226. The molecule has 2 amide bonds. The fraction of sp³-hybridized carbons (Fsp3) is 0.0667. The molecule has 2 aromatic carbocycles. The van der Waals surface area contributed by atoms with Gasteiger partial charge in [-0.05, 0) is 23.3 Å². The number of amides is 2. The van der Waals surface area contributed by atoms with Gasteiger partial charge in [0.1, 0.15) is 6.61 Å². The van der Waals surface area contributed by atoms with Gasteiger partial charge in [0.25, 0.3) is 0 Å². The number of carbonyl (C=O) groups excluding carboxylic acids is 1. The van der Waals surface area contributed by atoms with E-state index in [0.29, 0.717) is 0 Å². The number of urea groups is 1. The number of halogens is 2. The number of hydrazone groups is 1. The number of benzene rings is 2. The molecule has 0 spiro atoms. The van der Waals surface area contributed by atoms with Gasteiger partial charge in [-0.15, -0.1) is 0 Å².